The van der Waals surface area contributed by atoms with Crippen molar-refractivity contribution in [3.63, 3.8) is 0 Å². The minimum absolute atomic E-state index is 0.0652. The van der Waals surface area contributed by atoms with Crippen molar-refractivity contribution in [2.45, 2.75) is 315 Å². The molecule has 0 heterocycles. The van der Waals surface area contributed by atoms with E-state index in [1.165, 1.54) is 231 Å². The Morgan fingerprint density at radius 2 is 0.625 bits per heavy atom. The number of carbonyl (C=O) groups excluding carboxylic acids is 2. The lowest BCUT2D eigenvalue weighted by Crippen LogP contribution is -2.28. The molecule has 0 fully saturated rings. The number of unbranched alkanes of at least 4 members (excludes halogenated alkanes) is 39. The van der Waals surface area contributed by atoms with E-state index in [1.807, 2.05) is 0 Å². The Morgan fingerprint density at radius 1 is 0.359 bits per heavy atom. The fourth-order valence-electron chi connectivity index (χ4n) is 8.58. The standard InChI is InChI=1S/C59H110O5/c1-3-5-7-9-11-13-15-17-19-21-22-23-24-25-26-27-28-29-30-31-32-33-34-35-36-38-39-41-43-45-47-49-51-53-58(61)63-56-57(55-60)64-59(62)54-52-50-48-46-44-42-40-37-20-18-16-14-12-10-8-6-4-2/h12,14,18,20-22,57,60H,3-11,13,15-17,19,23-56H2,1-2H3/b14-12-,20-18-,22-21-. The zero-order valence-electron chi connectivity index (χ0n) is 43.1. The van der Waals surface area contributed by atoms with Gasteiger partial charge < -0.3 is 14.6 Å². The van der Waals surface area contributed by atoms with Gasteiger partial charge in [-0.2, -0.15) is 0 Å². The average Bonchev–Trinajstić information content (AvgIpc) is 3.30. The highest BCUT2D eigenvalue weighted by atomic mass is 16.6. The number of esters is 2. The highest BCUT2D eigenvalue weighted by Crippen LogP contribution is 2.17. The number of aliphatic hydroxyl groups is 1. The summed E-state index contributed by atoms with van der Waals surface area (Å²) in [7, 11) is 0. The molecule has 0 amide bonds. The molecule has 0 saturated carbocycles. The van der Waals surface area contributed by atoms with Gasteiger partial charge in [0.25, 0.3) is 0 Å². The van der Waals surface area contributed by atoms with E-state index in [0.29, 0.717) is 12.8 Å². The molecule has 0 rings (SSSR count). The maximum Gasteiger partial charge on any atom is 0.306 e. The maximum atomic E-state index is 12.3. The topological polar surface area (TPSA) is 72.8 Å². The Hall–Kier alpha value is -1.88. The molecule has 5 nitrogen and oxygen atoms in total. The molecule has 0 aliphatic rings. The van der Waals surface area contributed by atoms with Gasteiger partial charge in [-0.1, -0.05) is 262 Å². The Kier molecular flexibility index (Phi) is 53.8. The Bertz CT molecular complexity index is 1020. The van der Waals surface area contributed by atoms with Crippen molar-refractivity contribution >= 4 is 11.9 Å². The van der Waals surface area contributed by atoms with Crippen LogP contribution in [0.15, 0.2) is 36.5 Å². The zero-order chi connectivity index (χ0) is 46.3. The van der Waals surface area contributed by atoms with Crippen LogP contribution in [-0.2, 0) is 19.1 Å². The van der Waals surface area contributed by atoms with Crippen LogP contribution >= 0.6 is 0 Å². The number of aliphatic hydroxyl groups excluding tert-OH is 1. The molecule has 0 bridgehead atoms. The first-order valence-electron chi connectivity index (χ1n) is 28.5. The molecule has 0 aromatic carbocycles. The number of hydrogen-bond donors (Lipinski definition) is 1. The molecular formula is C59H110O5. The molecule has 0 aromatic heterocycles. The SMILES string of the molecule is CCCCC/C=C\C/C=C\CCCCCCCCCC(=O)OC(CO)COC(=O)CCCCCCCCCCCCCCCCCCCCCCC/C=C\CCCCCCCCCC. The summed E-state index contributed by atoms with van der Waals surface area (Å²) >= 11 is 0. The number of ether oxygens (including phenoxy) is 2. The van der Waals surface area contributed by atoms with Crippen LogP contribution < -0.4 is 0 Å². The number of rotatable bonds is 53. The maximum absolute atomic E-state index is 12.3. The molecule has 0 saturated heterocycles. The molecular weight excluding hydrogens is 789 g/mol. The van der Waals surface area contributed by atoms with Crippen molar-refractivity contribution in [2.75, 3.05) is 13.2 Å². The summed E-state index contributed by atoms with van der Waals surface area (Å²) < 4.78 is 10.7. The predicted molar refractivity (Wildman–Crippen MR) is 279 cm³/mol. The first-order chi connectivity index (χ1) is 31.6. The van der Waals surface area contributed by atoms with Gasteiger partial charge in [-0.05, 0) is 70.6 Å². The minimum atomic E-state index is -0.774. The monoisotopic (exact) mass is 899 g/mol. The highest BCUT2D eigenvalue weighted by molar-refractivity contribution is 5.70. The molecule has 5 heteroatoms. The molecule has 1 atom stereocenters. The van der Waals surface area contributed by atoms with Crippen LogP contribution in [0, 0.1) is 0 Å². The third-order valence-electron chi connectivity index (χ3n) is 12.9. The normalized spacial score (nSPS) is 12.4. The number of carbonyl (C=O) groups is 2. The molecule has 0 aliphatic heterocycles. The summed E-state index contributed by atoms with van der Waals surface area (Å²) in [5.74, 6) is -0.585. The van der Waals surface area contributed by atoms with Gasteiger partial charge in [0.2, 0.25) is 0 Å². The van der Waals surface area contributed by atoms with Gasteiger partial charge in [-0.15, -0.1) is 0 Å². The second kappa shape index (κ2) is 55.4. The lowest BCUT2D eigenvalue weighted by Gasteiger charge is -2.15. The summed E-state index contributed by atoms with van der Waals surface area (Å²) in [4.78, 5) is 24.5. The third-order valence-corrected chi connectivity index (χ3v) is 12.9. The summed E-state index contributed by atoms with van der Waals surface area (Å²) in [6, 6.07) is 0. The molecule has 0 radical (unpaired) electrons. The van der Waals surface area contributed by atoms with Gasteiger partial charge >= 0.3 is 11.9 Å². The van der Waals surface area contributed by atoms with Gasteiger partial charge in [-0.25, -0.2) is 0 Å². The molecule has 1 unspecified atom stereocenters. The predicted octanol–water partition coefficient (Wildman–Crippen LogP) is 19.1. The van der Waals surface area contributed by atoms with E-state index in [4.69, 9.17) is 9.47 Å². The van der Waals surface area contributed by atoms with E-state index in [0.717, 1.165) is 51.4 Å². The van der Waals surface area contributed by atoms with Crippen LogP contribution in [0.5, 0.6) is 0 Å². The molecule has 64 heavy (non-hydrogen) atoms. The van der Waals surface area contributed by atoms with Crippen molar-refractivity contribution in [3.05, 3.63) is 36.5 Å². The lowest BCUT2D eigenvalue weighted by atomic mass is 10.0. The van der Waals surface area contributed by atoms with E-state index in [-0.39, 0.29) is 25.2 Å². The van der Waals surface area contributed by atoms with Gasteiger partial charge in [0, 0.05) is 12.8 Å². The second-order valence-corrected chi connectivity index (χ2v) is 19.4. The van der Waals surface area contributed by atoms with Crippen LogP contribution in [-0.4, -0.2) is 36.4 Å². The van der Waals surface area contributed by atoms with Crippen LogP contribution in [0.25, 0.3) is 0 Å². The van der Waals surface area contributed by atoms with Crippen molar-refractivity contribution < 1.29 is 24.2 Å². The zero-order valence-corrected chi connectivity index (χ0v) is 43.1. The summed E-state index contributed by atoms with van der Waals surface area (Å²) in [6.07, 6.45) is 71.3. The van der Waals surface area contributed by atoms with Crippen LogP contribution in [0.3, 0.4) is 0 Å². The molecule has 0 aliphatic carbocycles. The lowest BCUT2D eigenvalue weighted by molar-refractivity contribution is -0.161. The largest absolute Gasteiger partial charge is 0.462 e. The van der Waals surface area contributed by atoms with E-state index >= 15 is 0 Å². The van der Waals surface area contributed by atoms with E-state index < -0.39 is 6.10 Å². The fraction of sp³-hybridized carbons (Fsp3) is 0.864. The smallest absolute Gasteiger partial charge is 0.306 e. The molecule has 0 spiro atoms. The molecule has 0 aromatic rings. The van der Waals surface area contributed by atoms with Crippen molar-refractivity contribution in [2.24, 2.45) is 0 Å². The summed E-state index contributed by atoms with van der Waals surface area (Å²) in [5.41, 5.74) is 0. The Labute approximate surface area is 399 Å². The highest BCUT2D eigenvalue weighted by Gasteiger charge is 2.16. The van der Waals surface area contributed by atoms with Gasteiger partial charge in [0.1, 0.15) is 6.61 Å². The number of hydrogen-bond acceptors (Lipinski definition) is 5. The summed E-state index contributed by atoms with van der Waals surface area (Å²) in [5, 5.41) is 9.63. The first-order valence-corrected chi connectivity index (χ1v) is 28.5. The first kappa shape index (κ1) is 62.1. The second-order valence-electron chi connectivity index (χ2n) is 19.4. The van der Waals surface area contributed by atoms with Crippen molar-refractivity contribution in [1.82, 2.24) is 0 Å². The third kappa shape index (κ3) is 52.7. The fourth-order valence-corrected chi connectivity index (χ4v) is 8.58. The van der Waals surface area contributed by atoms with E-state index in [9.17, 15) is 14.7 Å². The molecule has 376 valence electrons. The van der Waals surface area contributed by atoms with Crippen LogP contribution in [0.1, 0.15) is 309 Å². The molecule has 1 N–H and O–H groups in total. The minimum Gasteiger partial charge on any atom is -0.462 e. The van der Waals surface area contributed by atoms with Crippen molar-refractivity contribution in [1.29, 1.82) is 0 Å². The van der Waals surface area contributed by atoms with Gasteiger partial charge in [0.05, 0.1) is 6.61 Å². The van der Waals surface area contributed by atoms with Crippen LogP contribution in [0.2, 0.25) is 0 Å². The Morgan fingerprint density at radius 3 is 0.969 bits per heavy atom. The average molecular weight is 900 g/mol. The van der Waals surface area contributed by atoms with E-state index in [2.05, 4.69) is 50.3 Å². The van der Waals surface area contributed by atoms with Gasteiger partial charge in [-0.3, -0.25) is 9.59 Å². The van der Waals surface area contributed by atoms with E-state index in [1.54, 1.807) is 0 Å². The summed E-state index contributed by atoms with van der Waals surface area (Å²) in [6.45, 7) is 4.14. The van der Waals surface area contributed by atoms with Crippen LogP contribution in [0.4, 0.5) is 0 Å². The Balaban J connectivity index is 3.40. The van der Waals surface area contributed by atoms with Gasteiger partial charge in [0.15, 0.2) is 6.10 Å². The van der Waals surface area contributed by atoms with Crippen molar-refractivity contribution in [3.8, 4) is 0 Å². The number of allylic oxidation sites excluding steroid dienone is 6. The quantitative estimate of drug-likeness (QED) is 0.0374.